The fraction of sp³-hybridized carbons (Fsp3) is 0.276. The second-order valence-electron chi connectivity index (χ2n) is 9.72. The van der Waals surface area contributed by atoms with Crippen LogP contribution in [0.15, 0.2) is 65.6 Å². The fourth-order valence-corrected chi connectivity index (χ4v) is 4.51. The first-order chi connectivity index (χ1) is 17.5. The SMILES string of the molecule is COc1ccc(C(C)(C)C)cc1NC(=O)COC(=O)c1c(-c2ccccc2)csc1NC(=O)C=C(C)C. The summed E-state index contributed by atoms with van der Waals surface area (Å²) >= 11 is 1.22. The zero-order chi connectivity index (χ0) is 27.2. The molecule has 2 amide bonds. The van der Waals surface area contributed by atoms with Gasteiger partial charge in [0.15, 0.2) is 6.61 Å². The Morgan fingerprint density at radius 2 is 1.70 bits per heavy atom. The maximum atomic E-state index is 13.2. The molecular weight excluding hydrogens is 488 g/mol. The van der Waals surface area contributed by atoms with Crippen LogP contribution in [0.2, 0.25) is 0 Å². The molecule has 1 aromatic heterocycles. The van der Waals surface area contributed by atoms with E-state index in [9.17, 15) is 14.4 Å². The number of carbonyl (C=O) groups excluding carboxylic acids is 3. The van der Waals surface area contributed by atoms with Gasteiger partial charge in [-0.2, -0.15) is 0 Å². The summed E-state index contributed by atoms with van der Waals surface area (Å²) in [4.78, 5) is 38.3. The number of hydrogen-bond donors (Lipinski definition) is 2. The molecule has 0 spiro atoms. The molecule has 7 nitrogen and oxygen atoms in total. The highest BCUT2D eigenvalue weighted by Crippen LogP contribution is 2.36. The van der Waals surface area contributed by atoms with E-state index >= 15 is 0 Å². The molecule has 194 valence electrons. The molecule has 0 atom stereocenters. The van der Waals surface area contributed by atoms with Crippen molar-refractivity contribution in [2.75, 3.05) is 24.4 Å². The molecule has 0 unspecified atom stereocenters. The maximum Gasteiger partial charge on any atom is 0.342 e. The molecule has 0 bridgehead atoms. The minimum Gasteiger partial charge on any atom is -0.495 e. The predicted molar refractivity (Wildman–Crippen MR) is 148 cm³/mol. The zero-order valence-corrected chi connectivity index (χ0v) is 22.7. The number of ether oxygens (including phenoxy) is 2. The van der Waals surface area contributed by atoms with E-state index in [0.717, 1.165) is 16.7 Å². The molecule has 37 heavy (non-hydrogen) atoms. The minimum absolute atomic E-state index is 0.128. The number of rotatable bonds is 8. The standard InChI is InChI=1S/C29H32N2O5S/c1-18(2)14-24(32)31-27-26(21(17-37-27)19-10-8-7-9-11-19)28(34)36-16-25(33)30-22-15-20(29(3,4)5)12-13-23(22)35-6/h7-15,17H,16H2,1-6H3,(H,30,33)(H,31,32). The third-order valence-electron chi connectivity index (χ3n) is 5.41. The van der Waals surface area contributed by atoms with Crippen molar-refractivity contribution in [3.05, 3.63) is 76.7 Å². The van der Waals surface area contributed by atoms with Crippen molar-refractivity contribution in [2.45, 2.75) is 40.0 Å². The van der Waals surface area contributed by atoms with Crippen molar-refractivity contribution in [1.82, 2.24) is 0 Å². The number of nitrogens with one attached hydrogen (secondary N) is 2. The summed E-state index contributed by atoms with van der Waals surface area (Å²) in [5, 5.41) is 7.67. The summed E-state index contributed by atoms with van der Waals surface area (Å²) in [7, 11) is 1.52. The van der Waals surface area contributed by atoms with Gasteiger partial charge in [0, 0.05) is 17.0 Å². The van der Waals surface area contributed by atoms with Gasteiger partial charge >= 0.3 is 5.97 Å². The Kier molecular flexibility index (Phi) is 8.89. The highest BCUT2D eigenvalue weighted by molar-refractivity contribution is 7.15. The van der Waals surface area contributed by atoms with Crippen molar-refractivity contribution >= 4 is 39.8 Å². The molecule has 0 saturated carbocycles. The highest BCUT2D eigenvalue weighted by atomic mass is 32.1. The van der Waals surface area contributed by atoms with Gasteiger partial charge in [-0.3, -0.25) is 9.59 Å². The molecular formula is C29H32N2O5S. The normalized spacial score (nSPS) is 10.9. The summed E-state index contributed by atoms with van der Waals surface area (Å²) in [6.45, 7) is 9.32. The average Bonchev–Trinajstić information content (AvgIpc) is 3.25. The van der Waals surface area contributed by atoms with Crippen LogP contribution >= 0.6 is 11.3 Å². The first-order valence-electron chi connectivity index (χ1n) is 11.8. The molecule has 0 fully saturated rings. The fourth-order valence-electron chi connectivity index (χ4n) is 3.55. The topological polar surface area (TPSA) is 93.7 Å². The van der Waals surface area contributed by atoms with Crippen LogP contribution < -0.4 is 15.4 Å². The number of esters is 1. The monoisotopic (exact) mass is 520 g/mol. The van der Waals surface area contributed by atoms with Crippen LogP contribution in [0.4, 0.5) is 10.7 Å². The van der Waals surface area contributed by atoms with Crippen LogP contribution in [0.25, 0.3) is 11.1 Å². The predicted octanol–water partition coefficient (Wildman–Crippen LogP) is 6.42. The average molecular weight is 521 g/mol. The molecule has 2 aromatic carbocycles. The van der Waals surface area contributed by atoms with Gasteiger partial charge < -0.3 is 20.1 Å². The van der Waals surface area contributed by atoms with Crippen molar-refractivity contribution < 1.29 is 23.9 Å². The van der Waals surface area contributed by atoms with Crippen molar-refractivity contribution in [3.8, 4) is 16.9 Å². The summed E-state index contributed by atoms with van der Waals surface area (Å²) in [5.74, 6) is -1.07. The lowest BCUT2D eigenvalue weighted by Gasteiger charge is -2.21. The number of amides is 2. The van der Waals surface area contributed by atoms with E-state index < -0.39 is 18.5 Å². The molecule has 0 saturated heterocycles. The van der Waals surface area contributed by atoms with Crippen LogP contribution in [-0.2, 0) is 19.7 Å². The van der Waals surface area contributed by atoms with Crippen LogP contribution in [-0.4, -0.2) is 31.5 Å². The number of hydrogen-bond acceptors (Lipinski definition) is 6. The molecule has 0 aliphatic rings. The lowest BCUT2D eigenvalue weighted by molar-refractivity contribution is -0.119. The lowest BCUT2D eigenvalue weighted by atomic mass is 9.87. The van der Waals surface area contributed by atoms with E-state index in [1.807, 2.05) is 56.3 Å². The number of anilines is 2. The van der Waals surface area contributed by atoms with Crippen molar-refractivity contribution in [2.24, 2.45) is 0 Å². The summed E-state index contributed by atoms with van der Waals surface area (Å²) in [5.41, 5.74) is 3.81. The second-order valence-corrected chi connectivity index (χ2v) is 10.6. The summed E-state index contributed by atoms with van der Waals surface area (Å²) in [6, 6.07) is 14.9. The Hall–Kier alpha value is -3.91. The minimum atomic E-state index is -0.710. The largest absolute Gasteiger partial charge is 0.495 e. The van der Waals surface area contributed by atoms with Gasteiger partial charge in [-0.15, -0.1) is 11.3 Å². The Morgan fingerprint density at radius 1 is 1.00 bits per heavy atom. The molecule has 3 rings (SSSR count). The number of allylic oxidation sites excluding steroid dienone is 1. The third-order valence-corrected chi connectivity index (χ3v) is 6.31. The Labute approximate surface area is 221 Å². The first-order valence-corrected chi connectivity index (χ1v) is 12.7. The molecule has 2 N–H and O–H groups in total. The smallest absolute Gasteiger partial charge is 0.342 e. The van der Waals surface area contributed by atoms with E-state index in [-0.39, 0.29) is 16.9 Å². The Bertz CT molecular complexity index is 1320. The quantitative estimate of drug-likeness (QED) is 0.264. The Morgan fingerprint density at radius 3 is 2.32 bits per heavy atom. The third kappa shape index (κ3) is 7.30. The molecule has 0 aliphatic carbocycles. The molecule has 3 aromatic rings. The highest BCUT2D eigenvalue weighted by Gasteiger charge is 2.24. The lowest BCUT2D eigenvalue weighted by Crippen LogP contribution is -2.22. The van der Waals surface area contributed by atoms with Crippen LogP contribution in [0.3, 0.4) is 0 Å². The molecule has 0 radical (unpaired) electrons. The van der Waals surface area contributed by atoms with Gasteiger partial charge in [-0.05, 0) is 42.5 Å². The summed E-state index contributed by atoms with van der Waals surface area (Å²) < 4.78 is 10.8. The van der Waals surface area contributed by atoms with Gasteiger partial charge in [0.05, 0.1) is 12.8 Å². The van der Waals surface area contributed by atoms with Crippen molar-refractivity contribution in [1.29, 1.82) is 0 Å². The van der Waals surface area contributed by atoms with Gasteiger partial charge in [-0.25, -0.2) is 4.79 Å². The zero-order valence-electron chi connectivity index (χ0n) is 21.9. The van der Waals surface area contributed by atoms with Crippen LogP contribution in [0, 0.1) is 0 Å². The summed E-state index contributed by atoms with van der Waals surface area (Å²) in [6.07, 6.45) is 1.45. The number of carbonyl (C=O) groups is 3. The molecule has 1 heterocycles. The van der Waals surface area contributed by atoms with Gasteiger partial charge in [-0.1, -0.05) is 62.7 Å². The van der Waals surface area contributed by atoms with E-state index in [1.165, 1.54) is 24.5 Å². The van der Waals surface area contributed by atoms with Crippen molar-refractivity contribution in [3.63, 3.8) is 0 Å². The second kappa shape index (κ2) is 11.9. The first kappa shape index (κ1) is 27.7. The van der Waals surface area contributed by atoms with E-state index in [2.05, 4.69) is 31.4 Å². The van der Waals surface area contributed by atoms with E-state index in [0.29, 0.717) is 22.0 Å². The van der Waals surface area contributed by atoms with Crippen LogP contribution in [0.5, 0.6) is 5.75 Å². The van der Waals surface area contributed by atoms with Gasteiger partial charge in [0.25, 0.3) is 5.91 Å². The van der Waals surface area contributed by atoms with E-state index in [4.69, 9.17) is 9.47 Å². The number of benzene rings is 2. The van der Waals surface area contributed by atoms with E-state index in [1.54, 1.807) is 11.4 Å². The maximum absolute atomic E-state index is 13.2. The van der Waals surface area contributed by atoms with Crippen LogP contribution in [0.1, 0.15) is 50.5 Å². The van der Waals surface area contributed by atoms with Gasteiger partial charge in [0.1, 0.15) is 16.3 Å². The van der Waals surface area contributed by atoms with Gasteiger partial charge in [0.2, 0.25) is 5.91 Å². The Balaban J connectivity index is 1.81. The molecule has 8 heteroatoms. The molecule has 0 aliphatic heterocycles. The number of methoxy groups -OCH3 is 1. The number of thiophene rings is 1.